The molecule has 0 bridgehead atoms. The maximum Gasteiger partial charge on any atom is 0.312 e. The zero-order valence-electron chi connectivity index (χ0n) is 80.7. The third-order valence-electron chi connectivity index (χ3n) is 22.6. The van der Waals surface area contributed by atoms with Gasteiger partial charge in [0.1, 0.15) is 49.1 Å². The minimum absolute atomic E-state index is 0. The largest absolute Gasteiger partial charge is 0.465 e. The molecule has 5 rings (SSSR count). The van der Waals surface area contributed by atoms with E-state index in [-0.39, 0.29) is 181 Å². The Bertz CT molecular complexity index is 2660. The topological polar surface area (TPSA) is 232 Å². The number of carbonyl (C=O) groups excluding carboxylic acids is 6. The third-order valence-corrected chi connectivity index (χ3v) is 22.6. The van der Waals surface area contributed by atoms with Crippen LogP contribution in [0.3, 0.4) is 0 Å². The summed E-state index contributed by atoms with van der Waals surface area (Å²) in [5.74, 6) is 2.80. The minimum Gasteiger partial charge on any atom is -0.465 e. The van der Waals surface area contributed by atoms with Crippen molar-refractivity contribution in [2.45, 2.75) is 485 Å². The molecule has 0 aromatic heterocycles. The quantitative estimate of drug-likeness (QED) is 0.0263. The van der Waals surface area contributed by atoms with Gasteiger partial charge in [-0.1, -0.05) is 240 Å². The first-order chi connectivity index (χ1) is 54.5. The Balaban J connectivity index is -0.0000000883. The zero-order chi connectivity index (χ0) is 90.3. The van der Waals surface area contributed by atoms with E-state index in [9.17, 15) is 28.8 Å². The Morgan fingerprint density at radius 1 is 0.295 bits per heavy atom. The number of ether oxygens (including phenoxy) is 14. The van der Waals surface area contributed by atoms with E-state index in [1.807, 2.05) is 159 Å². The predicted molar refractivity (Wildman–Crippen MR) is 556 cm³/mol. The second-order valence-corrected chi connectivity index (χ2v) is 36.7. The SMILES string of the molecule is C.C.C.C.C.C.C.C.C.C.C.C.CCC(C)(C)C(=O)OC(C)(C)C.CCC(C)(C)C(=O)OC(C)(C)C1CCCCC1.CCC(C)(C)C(=O)OCCOC.CCC(C)(C)C(=O)OCCOC.CCC(C)(C)C(=O)OCCOC.CCC(C)(C)C(=O)OCCOC.CCC(C)c1ccc(OC(C)OC2CCCCC2)cc1.CCC(C)c1ccc(OC(C)OC2CCCCC2)cc1. The fourth-order valence-corrected chi connectivity index (χ4v) is 10.8. The van der Waals surface area contributed by atoms with Crippen LogP contribution in [0.2, 0.25) is 0 Å². The standard InChI is InChI=1S/2C18H28O2.C15H28O2.C10H20O2.4C9H18O3.12CH4/c2*1-4-14(2)16-10-12-18(13-11-16)20-15(3)19-17-8-6-5-7-9-17;1-6-14(2,3)13(16)17-15(4,5)12-10-8-7-9-11-12;1-7-10(5,6)8(11)12-9(2,3)4;4*1-5-9(2,3)8(10)12-7-6-11-4;;;;;;;;;;;;/h2*10-15,17H,4-9H2,1-3H3;12H,6-11H2,1-5H3;7H2,1-6H3;4*5-7H2,1-4H3;12*1H4. The van der Waals surface area contributed by atoms with Gasteiger partial charge >= 0.3 is 35.8 Å². The molecule has 0 radical (unpaired) electrons. The average molecular weight is 1850 g/mol. The first-order valence-corrected chi connectivity index (χ1v) is 44.5. The number of hydrogen-bond acceptors (Lipinski definition) is 20. The molecule has 0 amide bonds. The lowest BCUT2D eigenvalue weighted by molar-refractivity contribution is -0.174. The van der Waals surface area contributed by atoms with E-state index in [0.29, 0.717) is 82.8 Å². The molecule has 0 saturated heterocycles. The highest BCUT2D eigenvalue weighted by molar-refractivity contribution is 5.78. The molecule has 2 aromatic rings. The molecule has 0 N–H and O–H groups in total. The van der Waals surface area contributed by atoms with Gasteiger partial charge in [-0.3, -0.25) is 28.8 Å². The zero-order valence-corrected chi connectivity index (χ0v) is 80.7. The molecular weight excluding hydrogens is 1630 g/mol. The Morgan fingerprint density at radius 2 is 0.504 bits per heavy atom. The fourth-order valence-electron chi connectivity index (χ4n) is 10.8. The summed E-state index contributed by atoms with van der Waals surface area (Å²) in [6, 6.07) is 16.9. The highest BCUT2D eigenvalue weighted by Crippen LogP contribution is 2.38. The molecule has 3 aliphatic carbocycles. The van der Waals surface area contributed by atoms with Crippen LogP contribution in [0.4, 0.5) is 0 Å². The maximum atomic E-state index is 12.1. The molecule has 4 atom stereocenters. The number of hydrogen-bond donors (Lipinski definition) is 0. The van der Waals surface area contributed by atoms with Crippen molar-refractivity contribution in [2.75, 3.05) is 81.3 Å². The molecule has 20 nitrogen and oxygen atoms in total. The van der Waals surface area contributed by atoms with E-state index in [0.717, 1.165) is 50.0 Å². The second kappa shape index (κ2) is 84.4. The maximum absolute atomic E-state index is 12.1. The monoisotopic (exact) mass is 1850 g/mol. The normalized spacial score (nSPS) is 14.0. The highest BCUT2D eigenvalue weighted by atomic mass is 16.7. The van der Waals surface area contributed by atoms with Crippen LogP contribution in [0.15, 0.2) is 48.5 Å². The van der Waals surface area contributed by atoms with E-state index in [1.54, 1.807) is 28.4 Å². The van der Waals surface area contributed by atoms with Crippen LogP contribution in [0.1, 0.15) is 461 Å². The van der Waals surface area contributed by atoms with Crippen LogP contribution < -0.4 is 9.47 Å². The summed E-state index contributed by atoms with van der Waals surface area (Å²) >= 11 is 0. The van der Waals surface area contributed by atoms with Gasteiger partial charge in [-0.15, -0.1) is 0 Å². The Hall–Kier alpha value is -5.38. The molecule has 129 heavy (non-hydrogen) atoms. The summed E-state index contributed by atoms with van der Waals surface area (Å²) in [6.07, 6.45) is 26.5. The Labute approximate surface area is 803 Å². The van der Waals surface area contributed by atoms with Crippen molar-refractivity contribution in [3.63, 3.8) is 0 Å². The molecular formula is C109H224O20. The molecule has 20 heteroatoms. The van der Waals surface area contributed by atoms with Gasteiger partial charge in [0.05, 0.1) is 71.1 Å². The molecule has 0 spiro atoms. The summed E-state index contributed by atoms with van der Waals surface area (Å²) in [4.78, 5) is 68.8. The van der Waals surface area contributed by atoms with Crippen molar-refractivity contribution >= 4 is 35.8 Å². The first-order valence-electron chi connectivity index (χ1n) is 44.5. The molecule has 3 fully saturated rings. The van der Waals surface area contributed by atoms with E-state index >= 15 is 0 Å². The van der Waals surface area contributed by atoms with Gasteiger partial charge in [0, 0.05) is 28.4 Å². The van der Waals surface area contributed by atoms with Crippen LogP contribution in [-0.2, 0) is 85.6 Å². The molecule has 0 aliphatic heterocycles. The summed E-state index contributed by atoms with van der Waals surface area (Å²) in [5, 5.41) is 0. The Morgan fingerprint density at radius 3 is 0.705 bits per heavy atom. The highest BCUT2D eigenvalue weighted by Gasteiger charge is 2.39. The van der Waals surface area contributed by atoms with E-state index in [2.05, 4.69) is 90.1 Å². The number of benzene rings is 2. The molecule has 3 saturated carbocycles. The van der Waals surface area contributed by atoms with Crippen molar-refractivity contribution in [3.8, 4) is 11.5 Å². The van der Waals surface area contributed by atoms with Crippen molar-refractivity contribution in [3.05, 3.63) is 59.7 Å². The van der Waals surface area contributed by atoms with Gasteiger partial charge in [-0.2, -0.15) is 0 Å². The number of rotatable bonds is 38. The summed E-state index contributed by atoms with van der Waals surface area (Å²) in [6.45, 7) is 60.6. The van der Waals surface area contributed by atoms with Gasteiger partial charge in [0.25, 0.3) is 0 Å². The van der Waals surface area contributed by atoms with Crippen molar-refractivity contribution in [1.82, 2.24) is 0 Å². The molecule has 4 unspecified atom stereocenters. The smallest absolute Gasteiger partial charge is 0.312 e. The van der Waals surface area contributed by atoms with Gasteiger partial charge in [0.15, 0.2) is 12.6 Å². The average Bonchev–Trinajstić information content (AvgIpc) is 0.823. The lowest BCUT2D eigenvalue weighted by atomic mass is 9.78. The van der Waals surface area contributed by atoms with Crippen molar-refractivity contribution in [2.24, 2.45) is 38.4 Å². The van der Waals surface area contributed by atoms with Gasteiger partial charge in [-0.25, -0.2) is 0 Å². The van der Waals surface area contributed by atoms with Gasteiger partial charge in [0.2, 0.25) is 0 Å². The van der Waals surface area contributed by atoms with Crippen LogP contribution >= 0.6 is 0 Å². The van der Waals surface area contributed by atoms with Crippen molar-refractivity contribution in [1.29, 1.82) is 0 Å². The van der Waals surface area contributed by atoms with Gasteiger partial charge in [-0.05, 0) is 275 Å². The molecule has 0 heterocycles. The summed E-state index contributed by atoms with van der Waals surface area (Å²) in [5.41, 5.74) is -0.100. The van der Waals surface area contributed by atoms with E-state index in [1.165, 1.54) is 120 Å². The van der Waals surface area contributed by atoms with E-state index in [4.69, 9.17) is 66.3 Å². The Kier molecular flexibility index (Phi) is 103. The minimum atomic E-state index is -0.372. The lowest BCUT2D eigenvalue weighted by Gasteiger charge is -2.38. The van der Waals surface area contributed by atoms with E-state index < -0.39 is 0 Å². The van der Waals surface area contributed by atoms with Crippen LogP contribution in [0, 0.1) is 38.4 Å². The molecule has 3 aliphatic rings. The van der Waals surface area contributed by atoms with Crippen LogP contribution in [0.5, 0.6) is 11.5 Å². The van der Waals surface area contributed by atoms with Gasteiger partial charge < -0.3 is 66.3 Å². The number of carbonyl (C=O) groups is 6. The number of esters is 6. The number of methoxy groups -OCH3 is 4. The summed E-state index contributed by atoms with van der Waals surface area (Å²) in [7, 11) is 6.33. The summed E-state index contributed by atoms with van der Waals surface area (Å²) < 4.78 is 73.7. The molecule has 780 valence electrons. The first kappa shape index (κ1) is 158. The fraction of sp³-hybridized carbons (Fsp3) is 0.835. The van der Waals surface area contributed by atoms with Crippen LogP contribution in [-0.4, -0.2) is 153 Å². The van der Waals surface area contributed by atoms with Crippen molar-refractivity contribution < 1.29 is 95.1 Å². The second-order valence-electron chi connectivity index (χ2n) is 36.7. The third kappa shape index (κ3) is 72.7. The lowest BCUT2D eigenvalue weighted by Crippen LogP contribution is -2.41. The predicted octanol–water partition coefficient (Wildman–Crippen LogP) is 31.7. The van der Waals surface area contributed by atoms with Crippen LogP contribution in [0.25, 0.3) is 0 Å². The molecule has 2 aromatic carbocycles.